The molecular formula is C18H20N4O4. The number of rotatable bonds is 5. The van der Waals surface area contributed by atoms with E-state index < -0.39 is 11.2 Å². The first kappa shape index (κ1) is 17.7. The van der Waals surface area contributed by atoms with Crippen molar-refractivity contribution in [1.82, 2.24) is 19.4 Å². The lowest BCUT2D eigenvalue weighted by molar-refractivity contribution is 0.0938. The van der Waals surface area contributed by atoms with E-state index in [1.807, 2.05) is 19.1 Å². The number of fused-ring (bicyclic) bond motifs is 1. The molecule has 0 aliphatic rings. The maximum absolute atomic E-state index is 12.5. The summed E-state index contributed by atoms with van der Waals surface area (Å²) in [6.45, 7) is 1.90. The predicted octanol–water partition coefficient (Wildman–Crippen LogP) is 0.976. The molecule has 3 aromatic heterocycles. The Hall–Kier alpha value is -3.16. The van der Waals surface area contributed by atoms with Crippen molar-refractivity contribution in [3.8, 4) is 0 Å². The molecule has 0 aliphatic heterocycles. The number of hydrogen-bond acceptors (Lipinski definition) is 5. The summed E-state index contributed by atoms with van der Waals surface area (Å²) in [5.74, 6) is 0.546. The van der Waals surface area contributed by atoms with Gasteiger partial charge in [0.15, 0.2) is 0 Å². The van der Waals surface area contributed by atoms with E-state index in [0.29, 0.717) is 6.42 Å². The summed E-state index contributed by atoms with van der Waals surface area (Å²) in [5, 5.41) is 3.11. The van der Waals surface area contributed by atoms with Crippen LogP contribution < -0.4 is 16.6 Å². The van der Waals surface area contributed by atoms with Gasteiger partial charge in [-0.2, -0.15) is 0 Å². The molecule has 1 amide bonds. The van der Waals surface area contributed by atoms with Crippen molar-refractivity contribution in [2.45, 2.75) is 25.8 Å². The minimum atomic E-state index is -0.476. The third-order valence-corrected chi connectivity index (χ3v) is 4.34. The van der Waals surface area contributed by atoms with Crippen LogP contribution in [0.2, 0.25) is 0 Å². The number of nitrogens with zero attached hydrogens (tertiary/aromatic N) is 3. The van der Waals surface area contributed by atoms with E-state index in [1.165, 1.54) is 30.9 Å². The van der Waals surface area contributed by atoms with Crippen molar-refractivity contribution in [3.05, 3.63) is 62.8 Å². The van der Waals surface area contributed by atoms with Crippen LogP contribution in [-0.4, -0.2) is 26.1 Å². The van der Waals surface area contributed by atoms with Crippen LogP contribution in [-0.2, 0) is 20.5 Å². The molecule has 1 N–H and O–H groups in total. The zero-order chi connectivity index (χ0) is 18.8. The highest BCUT2D eigenvalue weighted by Crippen LogP contribution is 2.09. The number of nitrogens with one attached hydrogen (secondary N) is 1. The van der Waals surface area contributed by atoms with E-state index in [-0.39, 0.29) is 28.5 Å². The standard InChI is InChI=1S/C18H20N4O4/c1-11(6-7-13-5-4-8-26-13)20-16(23)12-9-14-15(19-10-12)21(2)18(25)22(3)17(14)24/h4-5,8-11H,6-7H2,1-3H3,(H,20,23)/t11-/m1/s1. The summed E-state index contributed by atoms with van der Waals surface area (Å²) >= 11 is 0. The van der Waals surface area contributed by atoms with Gasteiger partial charge >= 0.3 is 5.69 Å². The molecule has 136 valence electrons. The summed E-state index contributed by atoms with van der Waals surface area (Å²) in [7, 11) is 2.93. The lowest BCUT2D eigenvalue weighted by Gasteiger charge is -2.13. The molecular weight excluding hydrogens is 336 g/mol. The molecule has 3 aromatic rings. The average molecular weight is 356 g/mol. The maximum Gasteiger partial charge on any atom is 0.332 e. The Kier molecular flexibility index (Phi) is 4.75. The highest BCUT2D eigenvalue weighted by atomic mass is 16.3. The molecule has 26 heavy (non-hydrogen) atoms. The van der Waals surface area contributed by atoms with Gasteiger partial charge < -0.3 is 9.73 Å². The third kappa shape index (κ3) is 3.30. The summed E-state index contributed by atoms with van der Waals surface area (Å²) in [4.78, 5) is 40.8. The molecule has 8 nitrogen and oxygen atoms in total. The van der Waals surface area contributed by atoms with Crippen LogP contribution in [0.15, 0.2) is 44.7 Å². The number of aryl methyl sites for hydroxylation is 2. The summed E-state index contributed by atoms with van der Waals surface area (Å²) in [5.41, 5.74) is -0.409. The number of aromatic nitrogens is 3. The lowest BCUT2D eigenvalue weighted by atomic mass is 10.1. The van der Waals surface area contributed by atoms with Crippen LogP contribution in [0.25, 0.3) is 11.0 Å². The summed E-state index contributed by atoms with van der Waals surface area (Å²) < 4.78 is 7.56. The van der Waals surface area contributed by atoms with Crippen molar-refractivity contribution in [1.29, 1.82) is 0 Å². The molecule has 0 aromatic carbocycles. The molecule has 0 saturated carbocycles. The smallest absolute Gasteiger partial charge is 0.332 e. The highest BCUT2D eigenvalue weighted by molar-refractivity contribution is 5.96. The minimum absolute atomic E-state index is 0.0775. The van der Waals surface area contributed by atoms with Gasteiger partial charge in [-0.15, -0.1) is 0 Å². The number of amides is 1. The Bertz CT molecular complexity index is 1060. The van der Waals surface area contributed by atoms with E-state index in [1.54, 1.807) is 6.26 Å². The fourth-order valence-corrected chi connectivity index (χ4v) is 2.78. The van der Waals surface area contributed by atoms with Gasteiger partial charge in [-0.1, -0.05) is 0 Å². The van der Waals surface area contributed by atoms with Crippen LogP contribution in [0.5, 0.6) is 0 Å². The number of hydrogen-bond donors (Lipinski definition) is 1. The molecule has 3 heterocycles. The molecule has 1 atom stereocenters. The quantitative estimate of drug-likeness (QED) is 0.735. The van der Waals surface area contributed by atoms with Crippen molar-refractivity contribution < 1.29 is 9.21 Å². The minimum Gasteiger partial charge on any atom is -0.469 e. The normalized spacial score (nSPS) is 12.3. The maximum atomic E-state index is 12.5. The summed E-state index contributed by atoms with van der Waals surface area (Å²) in [6.07, 6.45) is 4.42. The Balaban J connectivity index is 1.80. The first-order chi connectivity index (χ1) is 12.4. The first-order valence-electron chi connectivity index (χ1n) is 8.27. The van der Waals surface area contributed by atoms with Crippen LogP contribution in [0.1, 0.15) is 29.5 Å². The fourth-order valence-electron chi connectivity index (χ4n) is 2.78. The van der Waals surface area contributed by atoms with Gasteiger partial charge in [0.05, 0.1) is 17.2 Å². The van der Waals surface area contributed by atoms with Gasteiger partial charge in [-0.3, -0.25) is 18.7 Å². The number of pyridine rings is 1. The topological polar surface area (TPSA) is 99.1 Å². The predicted molar refractivity (Wildman–Crippen MR) is 96.2 cm³/mol. The number of furan rings is 1. The van der Waals surface area contributed by atoms with Crippen molar-refractivity contribution in [3.63, 3.8) is 0 Å². The van der Waals surface area contributed by atoms with Gasteiger partial charge in [0.1, 0.15) is 11.4 Å². The monoisotopic (exact) mass is 356 g/mol. The summed E-state index contributed by atoms with van der Waals surface area (Å²) in [6, 6.07) is 5.11. The molecule has 0 saturated heterocycles. The van der Waals surface area contributed by atoms with Crippen LogP contribution in [0, 0.1) is 0 Å². The zero-order valence-electron chi connectivity index (χ0n) is 14.9. The molecule has 0 spiro atoms. The first-order valence-corrected chi connectivity index (χ1v) is 8.27. The Morgan fingerprint density at radius 2 is 2.08 bits per heavy atom. The van der Waals surface area contributed by atoms with Gasteiger partial charge in [0.2, 0.25) is 0 Å². The second-order valence-corrected chi connectivity index (χ2v) is 6.29. The molecule has 0 unspecified atom stereocenters. The third-order valence-electron chi connectivity index (χ3n) is 4.34. The Labute approximate surface area is 149 Å². The molecule has 8 heteroatoms. The van der Waals surface area contributed by atoms with E-state index in [0.717, 1.165) is 16.7 Å². The van der Waals surface area contributed by atoms with Crippen molar-refractivity contribution in [2.75, 3.05) is 0 Å². The number of carbonyl (C=O) groups excluding carboxylic acids is 1. The van der Waals surface area contributed by atoms with Crippen LogP contribution >= 0.6 is 0 Å². The molecule has 0 radical (unpaired) electrons. The molecule has 0 aliphatic carbocycles. The van der Waals surface area contributed by atoms with E-state index in [9.17, 15) is 14.4 Å². The SMILES string of the molecule is C[C@H](CCc1ccco1)NC(=O)c1cnc2c(c1)c(=O)n(C)c(=O)n2C. The van der Waals surface area contributed by atoms with E-state index in [4.69, 9.17) is 4.42 Å². The molecule has 0 fully saturated rings. The highest BCUT2D eigenvalue weighted by Gasteiger charge is 2.15. The zero-order valence-corrected chi connectivity index (χ0v) is 14.9. The average Bonchev–Trinajstić information content (AvgIpc) is 3.16. The van der Waals surface area contributed by atoms with Gasteiger partial charge in [0, 0.05) is 32.8 Å². The Morgan fingerprint density at radius 3 is 2.77 bits per heavy atom. The number of carbonyl (C=O) groups is 1. The Morgan fingerprint density at radius 1 is 1.31 bits per heavy atom. The van der Waals surface area contributed by atoms with E-state index >= 15 is 0 Å². The molecule has 0 bridgehead atoms. The fraction of sp³-hybridized carbons (Fsp3) is 0.333. The second-order valence-electron chi connectivity index (χ2n) is 6.29. The van der Waals surface area contributed by atoms with Crippen molar-refractivity contribution >= 4 is 16.9 Å². The largest absolute Gasteiger partial charge is 0.469 e. The second kappa shape index (κ2) is 6.99. The van der Waals surface area contributed by atoms with E-state index in [2.05, 4.69) is 10.3 Å². The van der Waals surface area contributed by atoms with Gasteiger partial charge in [-0.25, -0.2) is 9.78 Å². The van der Waals surface area contributed by atoms with Gasteiger partial charge in [-0.05, 0) is 31.5 Å². The van der Waals surface area contributed by atoms with Crippen LogP contribution in [0.4, 0.5) is 0 Å². The van der Waals surface area contributed by atoms with Crippen LogP contribution in [0.3, 0.4) is 0 Å². The van der Waals surface area contributed by atoms with Gasteiger partial charge in [0.25, 0.3) is 11.5 Å². The lowest BCUT2D eigenvalue weighted by Crippen LogP contribution is -2.38. The molecule has 3 rings (SSSR count). The van der Waals surface area contributed by atoms with Crippen molar-refractivity contribution in [2.24, 2.45) is 14.1 Å².